The van der Waals surface area contributed by atoms with Crippen molar-refractivity contribution >= 4 is 0 Å². The molecule has 19 heavy (non-hydrogen) atoms. The predicted octanol–water partition coefficient (Wildman–Crippen LogP) is 4.78. The van der Waals surface area contributed by atoms with Crippen LogP contribution in [-0.4, -0.2) is 7.05 Å². The second kappa shape index (κ2) is 5.66. The summed E-state index contributed by atoms with van der Waals surface area (Å²) in [6.45, 7) is 9.26. The summed E-state index contributed by atoms with van der Waals surface area (Å²) in [6.07, 6.45) is 5.43. The second-order valence-corrected chi connectivity index (χ2v) is 7.13. The van der Waals surface area contributed by atoms with Gasteiger partial charge in [-0.05, 0) is 69.0 Å². The van der Waals surface area contributed by atoms with Gasteiger partial charge in [0.25, 0.3) is 0 Å². The number of rotatable bonds is 3. The van der Waals surface area contributed by atoms with Gasteiger partial charge in [0, 0.05) is 6.04 Å². The minimum atomic E-state index is 0.524. The maximum absolute atomic E-state index is 3.58. The van der Waals surface area contributed by atoms with E-state index < -0.39 is 0 Å². The molecule has 106 valence electrons. The van der Waals surface area contributed by atoms with Crippen LogP contribution in [0.4, 0.5) is 0 Å². The van der Waals surface area contributed by atoms with Crippen LogP contribution in [0.2, 0.25) is 0 Å². The summed E-state index contributed by atoms with van der Waals surface area (Å²) in [6, 6.07) is 7.38. The molecule has 1 saturated carbocycles. The Bertz CT molecular complexity index is 423. The molecule has 2 rings (SSSR count). The summed E-state index contributed by atoms with van der Waals surface area (Å²) in [7, 11) is 2.12. The smallest absolute Gasteiger partial charge is 0.0348 e. The number of nitrogens with one attached hydrogen (secondary N) is 1. The van der Waals surface area contributed by atoms with E-state index in [9.17, 15) is 0 Å². The minimum Gasteiger partial charge on any atom is -0.313 e. The molecule has 1 aromatic carbocycles. The molecule has 0 heterocycles. The Morgan fingerprint density at radius 2 is 1.79 bits per heavy atom. The zero-order valence-electron chi connectivity index (χ0n) is 13.2. The van der Waals surface area contributed by atoms with E-state index in [4.69, 9.17) is 0 Å². The summed E-state index contributed by atoms with van der Waals surface area (Å²) in [5.74, 6) is 0.790. The fourth-order valence-electron chi connectivity index (χ4n) is 3.50. The average Bonchev–Trinajstić information content (AvgIpc) is 2.36. The van der Waals surface area contributed by atoms with Gasteiger partial charge >= 0.3 is 0 Å². The minimum absolute atomic E-state index is 0.524. The average molecular weight is 259 g/mol. The first-order chi connectivity index (χ1) is 8.93. The molecule has 1 fully saturated rings. The molecular formula is C18H29N. The highest BCUT2D eigenvalue weighted by molar-refractivity contribution is 5.33. The van der Waals surface area contributed by atoms with Crippen molar-refractivity contribution in [1.29, 1.82) is 0 Å². The van der Waals surface area contributed by atoms with Crippen molar-refractivity contribution < 1.29 is 0 Å². The first-order valence-electron chi connectivity index (χ1n) is 7.67. The Morgan fingerprint density at radius 1 is 1.16 bits per heavy atom. The van der Waals surface area contributed by atoms with Crippen molar-refractivity contribution in [3.05, 3.63) is 34.9 Å². The zero-order valence-corrected chi connectivity index (χ0v) is 13.2. The largest absolute Gasteiger partial charge is 0.313 e. The van der Waals surface area contributed by atoms with Crippen LogP contribution in [0.25, 0.3) is 0 Å². The Morgan fingerprint density at radius 3 is 2.37 bits per heavy atom. The van der Waals surface area contributed by atoms with Crippen LogP contribution in [0.15, 0.2) is 18.2 Å². The first kappa shape index (κ1) is 14.6. The number of hydrogen-bond acceptors (Lipinski definition) is 1. The number of hydrogen-bond donors (Lipinski definition) is 1. The SMILES string of the molecule is CNC(c1cc(C)ccc1C)C1CCC(C)(C)CC1. The highest BCUT2D eigenvalue weighted by Crippen LogP contribution is 2.43. The van der Waals surface area contributed by atoms with Crippen LogP contribution < -0.4 is 5.32 Å². The number of benzene rings is 1. The first-order valence-corrected chi connectivity index (χ1v) is 7.67. The van der Waals surface area contributed by atoms with Gasteiger partial charge in [-0.15, -0.1) is 0 Å². The lowest BCUT2D eigenvalue weighted by atomic mass is 9.70. The molecule has 1 atom stereocenters. The lowest BCUT2D eigenvalue weighted by molar-refractivity contribution is 0.164. The summed E-state index contributed by atoms with van der Waals surface area (Å²) in [5, 5.41) is 3.58. The van der Waals surface area contributed by atoms with Crippen LogP contribution >= 0.6 is 0 Å². The van der Waals surface area contributed by atoms with Crippen LogP contribution in [0, 0.1) is 25.2 Å². The number of aryl methyl sites for hydroxylation is 2. The van der Waals surface area contributed by atoms with Gasteiger partial charge < -0.3 is 5.32 Å². The summed E-state index contributed by atoms with van der Waals surface area (Å²) >= 11 is 0. The van der Waals surface area contributed by atoms with Crippen molar-refractivity contribution in [3.63, 3.8) is 0 Å². The molecule has 1 unspecified atom stereocenters. The van der Waals surface area contributed by atoms with Crippen molar-refractivity contribution in [2.45, 2.75) is 59.4 Å². The molecule has 1 aliphatic rings. The third-order valence-electron chi connectivity index (χ3n) is 4.94. The quantitative estimate of drug-likeness (QED) is 0.823. The van der Waals surface area contributed by atoms with E-state index in [2.05, 4.69) is 58.3 Å². The van der Waals surface area contributed by atoms with E-state index in [-0.39, 0.29) is 0 Å². The van der Waals surface area contributed by atoms with Gasteiger partial charge in [0.1, 0.15) is 0 Å². The molecule has 0 saturated heterocycles. The molecule has 0 bridgehead atoms. The van der Waals surface area contributed by atoms with Crippen molar-refractivity contribution in [2.24, 2.45) is 11.3 Å². The molecule has 1 aliphatic carbocycles. The standard InChI is InChI=1S/C18H29N/c1-13-6-7-14(2)16(12-13)17(19-5)15-8-10-18(3,4)11-9-15/h6-7,12,15,17,19H,8-11H2,1-5H3. The van der Waals surface area contributed by atoms with Gasteiger partial charge in [0.2, 0.25) is 0 Å². The Kier molecular flexibility index (Phi) is 4.35. The molecule has 1 heteroatoms. The van der Waals surface area contributed by atoms with Crippen molar-refractivity contribution in [2.75, 3.05) is 7.05 Å². The maximum atomic E-state index is 3.58. The van der Waals surface area contributed by atoms with Crippen LogP contribution in [0.5, 0.6) is 0 Å². The molecular weight excluding hydrogens is 230 g/mol. The Hall–Kier alpha value is -0.820. The van der Waals surface area contributed by atoms with E-state index in [1.165, 1.54) is 42.4 Å². The second-order valence-electron chi connectivity index (χ2n) is 7.13. The van der Waals surface area contributed by atoms with Crippen LogP contribution in [0.1, 0.15) is 62.3 Å². The van der Waals surface area contributed by atoms with Gasteiger partial charge in [0.05, 0.1) is 0 Å². The monoisotopic (exact) mass is 259 g/mol. The molecule has 0 aromatic heterocycles. The van der Waals surface area contributed by atoms with Crippen LogP contribution in [0.3, 0.4) is 0 Å². The van der Waals surface area contributed by atoms with Gasteiger partial charge in [-0.2, -0.15) is 0 Å². The fraction of sp³-hybridized carbons (Fsp3) is 0.667. The predicted molar refractivity (Wildman–Crippen MR) is 83.5 cm³/mol. The highest BCUT2D eigenvalue weighted by atomic mass is 14.9. The molecule has 1 nitrogen and oxygen atoms in total. The van der Waals surface area contributed by atoms with Gasteiger partial charge in [-0.1, -0.05) is 37.6 Å². The van der Waals surface area contributed by atoms with Crippen molar-refractivity contribution in [3.8, 4) is 0 Å². The van der Waals surface area contributed by atoms with E-state index in [0.717, 1.165) is 5.92 Å². The third kappa shape index (κ3) is 3.39. The summed E-state index contributed by atoms with van der Waals surface area (Å²) in [5.41, 5.74) is 4.86. The third-order valence-corrected chi connectivity index (χ3v) is 4.94. The molecule has 1 aromatic rings. The molecule has 1 N–H and O–H groups in total. The molecule has 0 radical (unpaired) electrons. The molecule has 0 spiro atoms. The van der Waals surface area contributed by atoms with E-state index >= 15 is 0 Å². The maximum Gasteiger partial charge on any atom is 0.0348 e. The van der Waals surface area contributed by atoms with E-state index in [0.29, 0.717) is 11.5 Å². The Balaban J connectivity index is 2.18. The topological polar surface area (TPSA) is 12.0 Å². The zero-order chi connectivity index (χ0) is 14.0. The Labute approximate surface area is 118 Å². The molecule has 0 amide bonds. The summed E-state index contributed by atoms with van der Waals surface area (Å²) in [4.78, 5) is 0. The normalized spacial score (nSPS) is 21.3. The molecule has 0 aliphatic heterocycles. The highest BCUT2D eigenvalue weighted by Gasteiger charge is 2.31. The van der Waals surface area contributed by atoms with Crippen LogP contribution in [-0.2, 0) is 0 Å². The fourth-order valence-corrected chi connectivity index (χ4v) is 3.50. The van der Waals surface area contributed by atoms with Crippen molar-refractivity contribution in [1.82, 2.24) is 5.32 Å². The lowest BCUT2D eigenvalue weighted by Gasteiger charge is -2.38. The van der Waals surface area contributed by atoms with E-state index in [1.54, 1.807) is 0 Å². The van der Waals surface area contributed by atoms with Gasteiger partial charge in [-0.25, -0.2) is 0 Å². The van der Waals surface area contributed by atoms with E-state index in [1.807, 2.05) is 0 Å². The van der Waals surface area contributed by atoms with Gasteiger partial charge in [0.15, 0.2) is 0 Å². The lowest BCUT2D eigenvalue weighted by Crippen LogP contribution is -2.31. The summed E-state index contributed by atoms with van der Waals surface area (Å²) < 4.78 is 0. The van der Waals surface area contributed by atoms with Gasteiger partial charge in [-0.3, -0.25) is 0 Å².